The SMILES string of the molecule is CCCn1cc[n+](Cn2cccn2)c1C. The molecule has 0 saturated heterocycles. The number of rotatable bonds is 4. The Kier molecular flexibility index (Phi) is 2.85. The second-order valence-corrected chi connectivity index (χ2v) is 3.70. The summed E-state index contributed by atoms with van der Waals surface area (Å²) in [5, 5.41) is 4.19. The molecule has 2 aromatic rings. The number of hydrogen-bond donors (Lipinski definition) is 0. The van der Waals surface area contributed by atoms with Crippen molar-refractivity contribution < 1.29 is 4.57 Å². The minimum absolute atomic E-state index is 0.787. The van der Waals surface area contributed by atoms with E-state index in [0.717, 1.165) is 19.6 Å². The van der Waals surface area contributed by atoms with Crippen LogP contribution in [0.4, 0.5) is 0 Å². The normalized spacial score (nSPS) is 10.8. The molecule has 0 fully saturated rings. The molecule has 4 nitrogen and oxygen atoms in total. The Morgan fingerprint density at radius 1 is 1.40 bits per heavy atom. The molecular weight excluding hydrogens is 188 g/mol. The van der Waals surface area contributed by atoms with Crippen LogP contribution in [0.5, 0.6) is 0 Å². The average Bonchev–Trinajstić information content (AvgIpc) is 2.83. The minimum Gasteiger partial charge on any atom is -0.234 e. The van der Waals surface area contributed by atoms with Crippen LogP contribution < -0.4 is 4.57 Å². The maximum absolute atomic E-state index is 4.19. The first kappa shape index (κ1) is 9.96. The van der Waals surface area contributed by atoms with Crippen LogP contribution in [0, 0.1) is 6.92 Å². The molecule has 4 heteroatoms. The van der Waals surface area contributed by atoms with Gasteiger partial charge < -0.3 is 0 Å². The van der Waals surface area contributed by atoms with Crippen molar-refractivity contribution in [2.45, 2.75) is 33.5 Å². The summed E-state index contributed by atoms with van der Waals surface area (Å²) in [7, 11) is 0. The van der Waals surface area contributed by atoms with E-state index in [0.29, 0.717) is 0 Å². The summed E-state index contributed by atoms with van der Waals surface area (Å²) in [5.41, 5.74) is 0. The van der Waals surface area contributed by atoms with Gasteiger partial charge >= 0.3 is 0 Å². The van der Waals surface area contributed by atoms with Crippen molar-refractivity contribution in [2.24, 2.45) is 0 Å². The van der Waals surface area contributed by atoms with Crippen molar-refractivity contribution in [3.8, 4) is 0 Å². The van der Waals surface area contributed by atoms with E-state index >= 15 is 0 Å². The van der Waals surface area contributed by atoms with Crippen molar-refractivity contribution in [1.82, 2.24) is 14.3 Å². The molecule has 0 aliphatic carbocycles. The highest BCUT2D eigenvalue weighted by molar-refractivity contribution is 4.80. The van der Waals surface area contributed by atoms with Gasteiger partial charge in [0.25, 0.3) is 5.82 Å². The lowest BCUT2D eigenvalue weighted by atomic mass is 10.5. The van der Waals surface area contributed by atoms with E-state index in [1.807, 2.05) is 16.9 Å². The van der Waals surface area contributed by atoms with Crippen LogP contribution in [0.3, 0.4) is 0 Å². The molecule has 2 rings (SSSR count). The largest absolute Gasteiger partial charge is 0.254 e. The lowest BCUT2D eigenvalue weighted by Gasteiger charge is -2.00. The van der Waals surface area contributed by atoms with E-state index in [9.17, 15) is 0 Å². The Hall–Kier alpha value is -1.58. The topological polar surface area (TPSA) is 26.6 Å². The van der Waals surface area contributed by atoms with Gasteiger partial charge in [-0.2, -0.15) is 5.10 Å². The molecule has 0 radical (unpaired) electrons. The molecule has 0 aliphatic rings. The Labute approximate surface area is 89.8 Å². The smallest absolute Gasteiger partial charge is 0.234 e. The fourth-order valence-electron chi connectivity index (χ4n) is 1.71. The zero-order chi connectivity index (χ0) is 10.7. The van der Waals surface area contributed by atoms with E-state index in [1.165, 1.54) is 5.82 Å². The molecule has 0 atom stereocenters. The third-order valence-electron chi connectivity index (χ3n) is 2.58. The first-order chi connectivity index (χ1) is 7.31. The van der Waals surface area contributed by atoms with Gasteiger partial charge in [-0.25, -0.2) is 13.8 Å². The molecule has 0 N–H and O–H groups in total. The standard InChI is InChI=1S/C11H17N4/c1-3-6-13-8-9-14(11(13)2)10-15-7-4-5-12-15/h4-5,7-9H,3,6,10H2,1-2H3/q+1. The first-order valence-electron chi connectivity index (χ1n) is 5.34. The van der Waals surface area contributed by atoms with E-state index in [2.05, 4.69) is 40.5 Å². The van der Waals surface area contributed by atoms with Crippen molar-refractivity contribution in [1.29, 1.82) is 0 Å². The van der Waals surface area contributed by atoms with Crippen molar-refractivity contribution in [3.63, 3.8) is 0 Å². The summed E-state index contributed by atoms with van der Waals surface area (Å²) < 4.78 is 6.38. The number of aryl methyl sites for hydroxylation is 1. The molecule has 2 aromatic heterocycles. The van der Waals surface area contributed by atoms with E-state index in [4.69, 9.17) is 0 Å². The number of imidazole rings is 1. The summed E-state index contributed by atoms with van der Waals surface area (Å²) in [6, 6.07) is 1.94. The highest BCUT2D eigenvalue weighted by atomic mass is 15.3. The van der Waals surface area contributed by atoms with Gasteiger partial charge in [0, 0.05) is 19.3 Å². The number of aromatic nitrogens is 4. The van der Waals surface area contributed by atoms with Crippen molar-refractivity contribution in [3.05, 3.63) is 36.7 Å². The lowest BCUT2D eigenvalue weighted by Crippen LogP contribution is -2.39. The Morgan fingerprint density at radius 3 is 2.93 bits per heavy atom. The molecule has 15 heavy (non-hydrogen) atoms. The summed E-state index contributed by atoms with van der Waals surface area (Å²) in [5.74, 6) is 1.27. The van der Waals surface area contributed by atoms with Crippen molar-refractivity contribution in [2.75, 3.05) is 0 Å². The highest BCUT2D eigenvalue weighted by Gasteiger charge is 2.10. The monoisotopic (exact) mass is 205 g/mol. The maximum Gasteiger partial charge on any atom is 0.254 e. The molecule has 2 heterocycles. The van der Waals surface area contributed by atoms with Crippen molar-refractivity contribution >= 4 is 0 Å². The number of hydrogen-bond acceptors (Lipinski definition) is 1. The molecule has 0 aliphatic heterocycles. The molecule has 0 spiro atoms. The molecule has 0 amide bonds. The molecule has 0 saturated carbocycles. The Morgan fingerprint density at radius 2 is 2.27 bits per heavy atom. The summed E-state index contributed by atoms with van der Waals surface area (Å²) in [4.78, 5) is 0. The minimum atomic E-state index is 0.787. The second kappa shape index (κ2) is 4.29. The van der Waals surface area contributed by atoms with Gasteiger partial charge in [-0.1, -0.05) is 6.92 Å². The zero-order valence-corrected chi connectivity index (χ0v) is 9.30. The van der Waals surface area contributed by atoms with Gasteiger partial charge in [0.2, 0.25) is 0 Å². The van der Waals surface area contributed by atoms with Crippen LogP contribution in [0.2, 0.25) is 0 Å². The summed E-state index contributed by atoms with van der Waals surface area (Å²) in [6.07, 6.45) is 9.18. The van der Waals surface area contributed by atoms with Gasteiger partial charge in [0.15, 0.2) is 6.67 Å². The Balaban J connectivity index is 2.15. The van der Waals surface area contributed by atoms with Crippen LogP contribution in [0.1, 0.15) is 19.2 Å². The molecular formula is C11H17N4+. The van der Waals surface area contributed by atoms with Crippen LogP contribution >= 0.6 is 0 Å². The quantitative estimate of drug-likeness (QED) is 0.689. The molecule has 80 valence electrons. The van der Waals surface area contributed by atoms with E-state index < -0.39 is 0 Å². The third kappa shape index (κ3) is 2.09. The van der Waals surface area contributed by atoms with Gasteiger partial charge in [0.05, 0.1) is 6.54 Å². The van der Waals surface area contributed by atoms with Crippen LogP contribution in [-0.4, -0.2) is 14.3 Å². The third-order valence-corrected chi connectivity index (χ3v) is 2.58. The van der Waals surface area contributed by atoms with Gasteiger partial charge in [-0.15, -0.1) is 0 Å². The van der Waals surface area contributed by atoms with E-state index in [-0.39, 0.29) is 0 Å². The van der Waals surface area contributed by atoms with Crippen LogP contribution in [0.15, 0.2) is 30.9 Å². The van der Waals surface area contributed by atoms with Gasteiger partial charge in [-0.3, -0.25) is 0 Å². The maximum atomic E-state index is 4.19. The predicted octanol–water partition coefficient (Wildman–Crippen LogP) is 1.20. The molecule has 0 aromatic carbocycles. The fourth-order valence-corrected chi connectivity index (χ4v) is 1.71. The molecule has 0 bridgehead atoms. The van der Waals surface area contributed by atoms with Gasteiger partial charge in [0.1, 0.15) is 12.4 Å². The summed E-state index contributed by atoms with van der Waals surface area (Å²) in [6.45, 7) is 6.20. The highest BCUT2D eigenvalue weighted by Crippen LogP contribution is 1.96. The van der Waals surface area contributed by atoms with E-state index in [1.54, 1.807) is 6.20 Å². The predicted molar refractivity (Wildman–Crippen MR) is 57.3 cm³/mol. The lowest BCUT2D eigenvalue weighted by molar-refractivity contribution is -0.708. The summed E-state index contributed by atoms with van der Waals surface area (Å²) >= 11 is 0. The van der Waals surface area contributed by atoms with Crippen LogP contribution in [0.25, 0.3) is 0 Å². The molecule has 0 unspecified atom stereocenters. The fraction of sp³-hybridized carbons (Fsp3) is 0.455. The average molecular weight is 205 g/mol. The zero-order valence-electron chi connectivity index (χ0n) is 9.30. The second-order valence-electron chi connectivity index (χ2n) is 3.70. The Bertz CT molecular complexity index is 414. The number of nitrogens with zero attached hydrogens (tertiary/aromatic N) is 4. The van der Waals surface area contributed by atoms with Crippen LogP contribution in [-0.2, 0) is 13.2 Å². The van der Waals surface area contributed by atoms with Gasteiger partial charge in [-0.05, 0) is 12.5 Å². The first-order valence-corrected chi connectivity index (χ1v) is 5.34.